The van der Waals surface area contributed by atoms with Crippen LogP contribution in [0.15, 0.2) is 18.2 Å². The van der Waals surface area contributed by atoms with Gasteiger partial charge in [-0.3, -0.25) is 9.89 Å². The molecule has 0 fully saturated rings. The summed E-state index contributed by atoms with van der Waals surface area (Å²) in [6, 6.07) is 3.71. The first kappa shape index (κ1) is 11.1. The molecule has 1 heterocycles. The topological polar surface area (TPSA) is 96.7 Å². The molecule has 88 valence electrons. The number of hydrogen-bond acceptors (Lipinski definition) is 4. The maximum absolute atomic E-state index is 13.0. The van der Waals surface area contributed by atoms with E-state index in [4.69, 9.17) is 5.73 Å². The average Bonchev–Trinajstić information content (AvgIpc) is 2.70. The Balaban J connectivity index is 2.21. The Morgan fingerprint density at radius 1 is 1.53 bits per heavy atom. The van der Waals surface area contributed by atoms with Crippen LogP contribution in [0.1, 0.15) is 16.4 Å². The van der Waals surface area contributed by atoms with Crippen LogP contribution in [0.3, 0.4) is 0 Å². The molecule has 0 unspecified atom stereocenters. The van der Waals surface area contributed by atoms with Gasteiger partial charge in [0, 0.05) is 0 Å². The number of carbonyl (C=O) groups is 1. The quantitative estimate of drug-likeness (QED) is 0.678. The van der Waals surface area contributed by atoms with E-state index in [1.807, 2.05) is 0 Å². The summed E-state index contributed by atoms with van der Waals surface area (Å²) < 4.78 is 13.0. The predicted octanol–water partition coefficient (Wildman–Crippen LogP) is 1.09. The molecule has 0 aliphatic rings. The first-order valence-corrected chi connectivity index (χ1v) is 4.81. The predicted molar refractivity (Wildman–Crippen MR) is 59.9 cm³/mol. The fourth-order valence-electron chi connectivity index (χ4n) is 1.26. The number of rotatable bonds is 2. The van der Waals surface area contributed by atoms with Crippen LogP contribution in [0.2, 0.25) is 0 Å². The Hall–Kier alpha value is -2.44. The number of benzene rings is 1. The van der Waals surface area contributed by atoms with Crippen molar-refractivity contribution in [1.29, 1.82) is 0 Å². The number of anilines is 2. The third kappa shape index (κ3) is 2.39. The zero-order valence-corrected chi connectivity index (χ0v) is 8.99. The highest BCUT2D eigenvalue weighted by molar-refractivity contribution is 6.03. The van der Waals surface area contributed by atoms with Crippen molar-refractivity contribution in [3.05, 3.63) is 35.7 Å². The van der Waals surface area contributed by atoms with Gasteiger partial charge in [0.15, 0.2) is 0 Å². The highest BCUT2D eigenvalue weighted by atomic mass is 19.1. The normalized spacial score (nSPS) is 10.2. The van der Waals surface area contributed by atoms with Crippen LogP contribution in [0.5, 0.6) is 0 Å². The minimum atomic E-state index is -0.549. The summed E-state index contributed by atoms with van der Waals surface area (Å²) in [6.45, 7) is 1.67. The van der Waals surface area contributed by atoms with E-state index >= 15 is 0 Å². The molecule has 0 bridgehead atoms. The number of hydrogen-bond donors (Lipinski definition) is 3. The molecule has 1 aromatic carbocycles. The lowest BCUT2D eigenvalue weighted by molar-refractivity contribution is 0.101. The largest absolute Gasteiger partial charge is 0.397 e. The number of H-pyrrole nitrogens is 1. The smallest absolute Gasteiger partial charge is 0.295 e. The maximum atomic E-state index is 13.0. The summed E-state index contributed by atoms with van der Waals surface area (Å²) in [5, 5.41) is 8.65. The minimum absolute atomic E-state index is 0.0221. The van der Waals surface area contributed by atoms with Crippen molar-refractivity contribution < 1.29 is 9.18 Å². The molecule has 0 saturated heterocycles. The van der Waals surface area contributed by atoms with Gasteiger partial charge in [-0.05, 0) is 25.1 Å². The number of aromatic amines is 1. The molecule has 17 heavy (non-hydrogen) atoms. The molecule has 0 saturated carbocycles. The number of nitrogens with one attached hydrogen (secondary N) is 2. The molecule has 0 aliphatic carbocycles. The van der Waals surface area contributed by atoms with Gasteiger partial charge in [-0.25, -0.2) is 9.37 Å². The van der Waals surface area contributed by atoms with E-state index in [9.17, 15) is 9.18 Å². The Bertz CT molecular complexity index is 566. The maximum Gasteiger partial charge on any atom is 0.295 e. The summed E-state index contributed by atoms with van der Waals surface area (Å²) in [5.74, 6) is -0.541. The van der Waals surface area contributed by atoms with Crippen molar-refractivity contribution in [2.75, 3.05) is 11.1 Å². The van der Waals surface area contributed by atoms with Crippen LogP contribution in [0.4, 0.5) is 15.8 Å². The number of amides is 1. The summed E-state index contributed by atoms with van der Waals surface area (Å²) in [7, 11) is 0. The van der Waals surface area contributed by atoms with Crippen LogP contribution in [-0.2, 0) is 0 Å². The van der Waals surface area contributed by atoms with E-state index in [0.717, 1.165) is 6.07 Å². The molecule has 0 spiro atoms. The van der Waals surface area contributed by atoms with Crippen molar-refractivity contribution in [3.63, 3.8) is 0 Å². The minimum Gasteiger partial charge on any atom is -0.397 e. The number of aryl methyl sites for hydroxylation is 1. The Morgan fingerprint density at radius 2 is 2.29 bits per heavy atom. The molecule has 4 N–H and O–H groups in total. The van der Waals surface area contributed by atoms with Crippen molar-refractivity contribution in [2.24, 2.45) is 0 Å². The first-order chi connectivity index (χ1) is 8.06. The van der Waals surface area contributed by atoms with Crippen LogP contribution in [0.25, 0.3) is 0 Å². The summed E-state index contributed by atoms with van der Waals surface area (Å²) in [5.41, 5.74) is 6.05. The number of nitrogens with zero attached hydrogens (tertiary/aromatic N) is 2. The van der Waals surface area contributed by atoms with Gasteiger partial charge >= 0.3 is 0 Å². The lowest BCUT2D eigenvalue weighted by Crippen LogP contribution is -2.15. The molecule has 1 amide bonds. The summed E-state index contributed by atoms with van der Waals surface area (Å²) in [6.07, 6.45) is 0. The fraction of sp³-hybridized carbons (Fsp3) is 0.100. The second kappa shape index (κ2) is 4.20. The fourth-order valence-corrected chi connectivity index (χ4v) is 1.26. The molecule has 2 aromatic rings. The Labute approximate surface area is 96.1 Å². The van der Waals surface area contributed by atoms with E-state index in [1.54, 1.807) is 6.92 Å². The Morgan fingerprint density at radius 3 is 2.94 bits per heavy atom. The van der Waals surface area contributed by atoms with Crippen molar-refractivity contribution in [3.8, 4) is 0 Å². The zero-order valence-electron chi connectivity index (χ0n) is 8.99. The number of nitrogen functional groups attached to an aromatic ring is 1. The molecule has 0 radical (unpaired) electrons. The van der Waals surface area contributed by atoms with Crippen molar-refractivity contribution >= 4 is 17.3 Å². The van der Waals surface area contributed by atoms with Crippen LogP contribution in [0, 0.1) is 12.7 Å². The number of halogens is 1. The van der Waals surface area contributed by atoms with Gasteiger partial charge in [0.1, 0.15) is 11.6 Å². The highest BCUT2D eigenvalue weighted by Crippen LogP contribution is 2.19. The molecule has 6 nitrogen and oxygen atoms in total. The lowest BCUT2D eigenvalue weighted by atomic mass is 10.2. The van der Waals surface area contributed by atoms with E-state index < -0.39 is 11.7 Å². The van der Waals surface area contributed by atoms with Gasteiger partial charge < -0.3 is 11.1 Å². The van der Waals surface area contributed by atoms with Gasteiger partial charge in [0.05, 0.1) is 11.4 Å². The van der Waals surface area contributed by atoms with Crippen molar-refractivity contribution in [1.82, 2.24) is 15.2 Å². The van der Waals surface area contributed by atoms with E-state index in [0.29, 0.717) is 5.82 Å². The molecular formula is C10H10FN5O. The van der Waals surface area contributed by atoms with E-state index in [2.05, 4.69) is 20.5 Å². The van der Waals surface area contributed by atoms with Crippen LogP contribution >= 0.6 is 0 Å². The van der Waals surface area contributed by atoms with Gasteiger partial charge in [-0.15, -0.1) is 5.10 Å². The van der Waals surface area contributed by atoms with E-state index in [-0.39, 0.29) is 17.2 Å². The molecule has 2 rings (SSSR count). The summed E-state index contributed by atoms with van der Waals surface area (Å²) >= 11 is 0. The lowest BCUT2D eigenvalue weighted by Gasteiger charge is -2.05. The standard InChI is InChI=1S/C10H10FN5O/c1-5-13-9(16-15-5)10(17)14-8-4-6(11)2-3-7(8)12/h2-4H,12H2,1H3,(H,14,17)(H,13,15,16). The summed E-state index contributed by atoms with van der Waals surface area (Å²) in [4.78, 5) is 15.5. The number of aromatic nitrogens is 3. The molecular weight excluding hydrogens is 225 g/mol. The SMILES string of the molecule is Cc1nc(C(=O)Nc2cc(F)ccc2N)n[nH]1. The zero-order chi connectivity index (χ0) is 12.4. The van der Waals surface area contributed by atoms with Gasteiger partial charge in [0.2, 0.25) is 5.82 Å². The molecule has 1 aromatic heterocycles. The third-order valence-electron chi connectivity index (χ3n) is 2.06. The van der Waals surface area contributed by atoms with Crippen LogP contribution < -0.4 is 11.1 Å². The first-order valence-electron chi connectivity index (χ1n) is 4.81. The molecule has 7 heteroatoms. The van der Waals surface area contributed by atoms with E-state index in [1.165, 1.54) is 12.1 Å². The van der Waals surface area contributed by atoms with Gasteiger partial charge in [0.25, 0.3) is 5.91 Å². The third-order valence-corrected chi connectivity index (χ3v) is 2.06. The second-order valence-electron chi connectivity index (χ2n) is 3.43. The van der Waals surface area contributed by atoms with Crippen molar-refractivity contribution in [2.45, 2.75) is 6.92 Å². The Kier molecular flexibility index (Phi) is 2.73. The second-order valence-corrected chi connectivity index (χ2v) is 3.43. The monoisotopic (exact) mass is 235 g/mol. The van der Waals surface area contributed by atoms with Crippen LogP contribution in [-0.4, -0.2) is 21.1 Å². The number of carbonyl (C=O) groups excluding carboxylic acids is 1. The highest BCUT2D eigenvalue weighted by Gasteiger charge is 2.13. The van der Waals surface area contributed by atoms with Gasteiger partial charge in [-0.2, -0.15) is 0 Å². The van der Waals surface area contributed by atoms with Gasteiger partial charge in [-0.1, -0.05) is 0 Å². The molecule has 0 atom stereocenters. The number of nitrogens with two attached hydrogens (primary N) is 1. The average molecular weight is 235 g/mol. The molecule has 0 aliphatic heterocycles.